The highest BCUT2D eigenvalue weighted by Gasteiger charge is 2.15. The van der Waals surface area contributed by atoms with Crippen LogP contribution >= 0.6 is 0 Å². The molecule has 2 heterocycles. The van der Waals surface area contributed by atoms with E-state index in [4.69, 9.17) is 0 Å². The quantitative estimate of drug-likeness (QED) is 0.604. The van der Waals surface area contributed by atoms with Crippen LogP contribution in [-0.2, 0) is 0 Å². The molecule has 0 saturated carbocycles. The van der Waals surface area contributed by atoms with E-state index in [0.717, 1.165) is 16.7 Å². The van der Waals surface area contributed by atoms with Gasteiger partial charge in [0.25, 0.3) is 0 Å². The molecule has 2 aromatic carbocycles. The first-order chi connectivity index (χ1) is 11.7. The van der Waals surface area contributed by atoms with Gasteiger partial charge in [-0.25, -0.2) is 4.39 Å². The maximum atomic E-state index is 13.9. The number of phenolic OH excluding ortho intramolecular Hbond substituents is 1. The number of hydrogen-bond acceptors (Lipinski definition) is 2. The first kappa shape index (κ1) is 14.1. The van der Waals surface area contributed by atoms with Crippen molar-refractivity contribution in [2.75, 3.05) is 0 Å². The van der Waals surface area contributed by atoms with Crippen molar-refractivity contribution in [2.24, 2.45) is 0 Å². The number of hydrogen-bond donors (Lipinski definition) is 1. The summed E-state index contributed by atoms with van der Waals surface area (Å²) in [6.07, 6.45) is 1.79. The van der Waals surface area contributed by atoms with Crippen LogP contribution < -0.4 is 0 Å². The van der Waals surface area contributed by atoms with Gasteiger partial charge in [-0.1, -0.05) is 18.2 Å². The SMILES string of the molecule is N#Cc1cccn1-c1cc2ccccc2n1-c1ccc(O)c(F)c1. The van der Waals surface area contributed by atoms with Crippen LogP contribution in [0.3, 0.4) is 0 Å². The lowest BCUT2D eigenvalue weighted by Crippen LogP contribution is -2.05. The fraction of sp³-hybridized carbons (Fsp3) is 0. The fourth-order valence-electron chi connectivity index (χ4n) is 2.90. The summed E-state index contributed by atoms with van der Waals surface area (Å²) in [4.78, 5) is 0. The molecule has 0 aliphatic carbocycles. The van der Waals surface area contributed by atoms with Crippen LogP contribution in [0.25, 0.3) is 22.4 Å². The molecule has 4 aromatic rings. The smallest absolute Gasteiger partial charge is 0.166 e. The summed E-state index contributed by atoms with van der Waals surface area (Å²) in [7, 11) is 0. The van der Waals surface area contributed by atoms with Crippen LogP contribution in [0.5, 0.6) is 5.75 Å². The number of halogens is 1. The van der Waals surface area contributed by atoms with E-state index in [2.05, 4.69) is 6.07 Å². The van der Waals surface area contributed by atoms with Crippen molar-refractivity contribution >= 4 is 10.9 Å². The Morgan fingerprint density at radius 2 is 1.83 bits per heavy atom. The van der Waals surface area contributed by atoms with Crippen LogP contribution in [0.1, 0.15) is 5.69 Å². The summed E-state index contributed by atoms with van der Waals surface area (Å²) in [6.45, 7) is 0. The van der Waals surface area contributed by atoms with Crippen molar-refractivity contribution in [1.29, 1.82) is 5.26 Å². The Hall–Kier alpha value is -3.52. The van der Waals surface area contributed by atoms with Gasteiger partial charge in [0.2, 0.25) is 0 Å². The zero-order valence-electron chi connectivity index (χ0n) is 12.5. The van der Waals surface area contributed by atoms with Crippen LogP contribution in [0, 0.1) is 17.1 Å². The van der Waals surface area contributed by atoms with E-state index in [-0.39, 0.29) is 0 Å². The van der Waals surface area contributed by atoms with Crippen LogP contribution in [0.15, 0.2) is 66.9 Å². The van der Waals surface area contributed by atoms with E-state index in [1.165, 1.54) is 12.1 Å². The molecule has 5 heteroatoms. The molecule has 24 heavy (non-hydrogen) atoms. The molecule has 0 spiro atoms. The Bertz CT molecular complexity index is 1100. The third kappa shape index (κ3) is 2.05. The number of aromatic hydroxyl groups is 1. The number of para-hydroxylation sites is 1. The average molecular weight is 317 g/mol. The molecule has 4 nitrogen and oxygen atoms in total. The minimum Gasteiger partial charge on any atom is -0.505 e. The molecular weight excluding hydrogens is 305 g/mol. The van der Waals surface area contributed by atoms with Gasteiger partial charge >= 0.3 is 0 Å². The average Bonchev–Trinajstić information content (AvgIpc) is 3.20. The number of benzene rings is 2. The van der Waals surface area contributed by atoms with Gasteiger partial charge in [0.05, 0.1) is 11.2 Å². The van der Waals surface area contributed by atoms with Crippen molar-refractivity contribution in [1.82, 2.24) is 9.13 Å². The molecule has 0 bridgehead atoms. The molecule has 0 aliphatic rings. The summed E-state index contributed by atoms with van der Waals surface area (Å²) in [5.74, 6) is -0.359. The molecule has 0 unspecified atom stereocenters. The Morgan fingerprint density at radius 3 is 2.62 bits per heavy atom. The maximum absolute atomic E-state index is 13.9. The first-order valence-corrected chi connectivity index (χ1v) is 7.36. The molecule has 0 aliphatic heterocycles. The Balaban J connectivity index is 2.08. The van der Waals surface area contributed by atoms with Gasteiger partial charge in [-0.15, -0.1) is 0 Å². The third-order valence-corrected chi connectivity index (χ3v) is 3.99. The van der Waals surface area contributed by atoms with E-state index in [0.29, 0.717) is 11.4 Å². The van der Waals surface area contributed by atoms with Gasteiger partial charge < -0.3 is 5.11 Å². The van der Waals surface area contributed by atoms with Gasteiger partial charge in [0.1, 0.15) is 17.6 Å². The summed E-state index contributed by atoms with van der Waals surface area (Å²) in [5.41, 5.74) is 1.94. The van der Waals surface area contributed by atoms with Crippen LogP contribution in [0.2, 0.25) is 0 Å². The van der Waals surface area contributed by atoms with Crippen molar-refractivity contribution in [3.63, 3.8) is 0 Å². The lowest BCUT2D eigenvalue weighted by molar-refractivity contribution is 0.432. The molecule has 0 radical (unpaired) electrons. The molecule has 0 saturated heterocycles. The van der Waals surface area contributed by atoms with E-state index >= 15 is 0 Å². The molecule has 4 rings (SSSR count). The molecule has 1 N–H and O–H groups in total. The summed E-state index contributed by atoms with van der Waals surface area (Å²) < 4.78 is 17.5. The van der Waals surface area contributed by atoms with Crippen molar-refractivity contribution in [3.05, 3.63) is 78.4 Å². The van der Waals surface area contributed by atoms with Crippen molar-refractivity contribution in [2.45, 2.75) is 0 Å². The number of nitrogens with zero attached hydrogens (tertiary/aromatic N) is 3. The lowest BCUT2D eigenvalue weighted by atomic mass is 10.2. The number of aromatic nitrogens is 2. The standard InChI is InChI=1S/C19H12FN3O/c20-16-11-14(7-8-18(16)24)23-17-6-2-1-4-13(17)10-19(23)22-9-3-5-15(22)12-21/h1-11,24H. The largest absolute Gasteiger partial charge is 0.505 e. The molecule has 0 fully saturated rings. The number of fused-ring (bicyclic) bond motifs is 1. The Kier molecular flexibility index (Phi) is 3.10. The van der Waals surface area contributed by atoms with Crippen molar-refractivity contribution < 1.29 is 9.50 Å². The Morgan fingerprint density at radius 1 is 1.00 bits per heavy atom. The predicted molar refractivity (Wildman–Crippen MR) is 88.9 cm³/mol. The van der Waals surface area contributed by atoms with Gasteiger partial charge in [0, 0.05) is 17.6 Å². The van der Waals surface area contributed by atoms with E-state index in [1.54, 1.807) is 29.0 Å². The van der Waals surface area contributed by atoms with E-state index < -0.39 is 11.6 Å². The molecular formula is C19H12FN3O. The van der Waals surface area contributed by atoms with Gasteiger partial charge in [-0.3, -0.25) is 9.13 Å². The second kappa shape index (κ2) is 5.28. The van der Waals surface area contributed by atoms with Gasteiger partial charge in [0.15, 0.2) is 11.6 Å². The molecule has 0 atom stereocenters. The van der Waals surface area contributed by atoms with E-state index in [9.17, 15) is 14.8 Å². The minimum atomic E-state index is -0.691. The number of rotatable bonds is 2. The maximum Gasteiger partial charge on any atom is 0.166 e. The molecule has 2 aromatic heterocycles. The highest BCUT2D eigenvalue weighted by molar-refractivity contribution is 5.85. The highest BCUT2D eigenvalue weighted by Crippen LogP contribution is 2.29. The second-order valence-corrected chi connectivity index (χ2v) is 5.41. The molecule has 0 amide bonds. The summed E-state index contributed by atoms with van der Waals surface area (Å²) in [5, 5.41) is 19.7. The number of nitriles is 1. The van der Waals surface area contributed by atoms with E-state index in [1.807, 2.05) is 34.9 Å². The lowest BCUT2D eigenvalue weighted by Gasteiger charge is -2.13. The van der Waals surface area contributed by atoms with Crippen LogP contribution in [0.4, 0.5) is 4.39 Å². The monoisotopic (exact) mass is 317 g/mol. The number of phenols is 1. The van der Waals surface area contributed by atoms with Crippen molar-refractivity contribution in [3.8, 4) is 23.3 Å². The van der Waals surface area contributed by atoms with Crippen LogP contribution in [-0.4, -0.2) is 14.2 Å². The second-order valence-electron chi connectivity index (χ2n) is 5.41. The zero-order valence-corrected chi connectivity index (χ0v) is 12.5. The van der Waals surface area contributed by atoms with Gasteiger partial charge in [-0.05, 0) is 36.4 Å². The summed E-state index contributed by atoms with van der Waals surface area (Å²) >= 11 is 0. The third-order valence-electron chi connectivity index (χ3n) is 3.99. The topological polar surface area (TPSA) is 53.9 Å². The van der Waals surface area contributed by atoms with Gasteiger partial charge in [-0.2, -0.15) is 5.26 Å². The zero-order chi connectivity index (χ0) is 16.7. The highest BCUT2D eigenvalue weighted by atomic mass is 19.1. The predicted octanol–water partition coefficient (Wildman–Crippen LogP) is 4.14. The minimum absolute atomic E-state index is 0.393. The molecule has 116 valence electrons. The first-order valence-electron chi connectivity index (χ1n) is 7.36. The summed E-state index contributed by atoms with van der Waals surface area (Å²) in [6, 6.07) is 19.6. The Labute approximate surface area is 137 Å². The fourth-order valence-corrected chi connectivity index (χ4v) is 2.90. The normalized spacial score (nSPS) is 10.8.